The number of nitrogens with one attached hydrogen (secondary N) is 1. The fourth-order valence-corrected chi connectivity index (χ4v) is 2.19. The number of aromatic nitrogens is 1. The molecule has 1 aromatic rings. The first-order valence-corrected chi connectivity index (χ1v) is 6.72. The van der Waals surface area contributed by atoms with Gasteiger partial charge in [0.25, 0.3) is 0 Å². The molecule has 6 heteroatoms. The standard InChI is InChI=1S/C14H24N4.2ClH/c1-17(2)10-11-18(3)14-5-4-12-6-8-15-9-7-13(12)16-14;;/h4-5,15H,6-11H2,1-3H3;2*1H. The Morgan fingerprint density at radius 3 is 2.45 bits per heavy atom. The molecule has 1 N–H and O–H groups in total. The molecule has 1 aliphatic rings. The van der Waals surface area contributed by atoms with E-state index in [2.05, 4.69) is 48.4 Å². The van der Waals surface area contributed by atoms with Crippen LogP contribution in [0, 0.1) is 0 Å². The lowest BCUT2D eigenvalue weighted by Crippen LogP contribution is -2.29. The lowest BCUT2D eigenvalue weighted by molar-refractivity contribution is 0.416. The second-order valence-corrected chi connectivity index (χ2v) is 5.25. The predicted molar refractivity (Wildman–Crippen MR) is 90.8 cm³/mol. The Hall–Kier alpha value is -0.550. The van der Waals surface area contributed by atoms with E-state index in [-0.39, 0.29) is 24.8 Å². The maximum atomic E-state index is 4.82. The van der Waals surface area contributed by atoms with Crippen LogP contribution in [0.3, 0.4) is 0 Å². The molecule has 0 unspecified atom stereocenters. The van der Waals surface area contributed by atoms with Crippen molar-refractivity contribution in [1.29, 1.82) is 0 Å². The van der Waals surface area contributed by atoms with Gasteiger partial charge >= 0.3 is 0 Å². The molecular formula is C14H26Cl2N4. The molecular weight excluding hydrogens is 295 g/mol. The molecule has 0 spiro atoms. The topological polar surface area (TPSA) is 31.4 Å². The van der Waals surface area contributed by atoms with Crippen molar-refractivity contribution in [3.63, 3.8) is 0 Å². The minimum absolute atomic E-state index is 0. The van der Waals surface area contributed by atoms with Crippen LogP contribution < -0.4 is 10.2 Å². The Morgan fingerprint density at radius 2 is 1.75 bits per heavy atom. The fraction of sp³-hybridized carbons (Fsp3) is 0.643. The van der Waals surface area contributed by atoms with Gasteiger partial charge in [-0.1, -0.05) is 6.07 Å². The van der Waals surface area contributed by atoms with Gasteiger partial charge in [-0.15, -0.1) is 24.8 Å². The molecule has 2 heterocycles. The third kappa shape index (κ3) is 5.44. The van der Waals surface area contributed by atoms with E-state index in [1.54, 1.807) is 0 Å². The summed E-state index contributed by atoms with van der Waals surface area (Å²) in [6, 6.07) is 4.40. The highest BCUT2D eigenvalue weighted by Crippen LogP contribution is 2.16. The Labute approximate surface area is 134 Å². The van der Waals surface area contributed by atoms with Crippen molar-refractivity contribution in [2.45, 2.75) is 12.8 Å². The second-order valence-electron chi connectivity index (χ2n) is 5.25. The molecule has 0 radical (unpaired) electrons. The predicted octanol–water partition coefficient (Wildman–Crippen LogP) is 1.61. The number of fused-ring (bicyclic) bond motifs is 1. The second kappa shape index (κ2) is 9.40. The Balaban J connectivity index is 0.00000180. The summed E-state index contributed by atoms with van der Waals surface area (Å²) in [6.45, 7) is 4.18. The average Bonchev–Trinajstić information content (AvgIpc) is 2.60. The third-order valence-corrected chi connectivity index (χ3v) is 3.44. The largest absolute Gasteiger partial charge is 0.358 e. The first-order chi connectivity index (χ1) is 8.66. The van der Waals surface area contributed by atoms with Crippen molar-refractivity contribution in [2.24, 2.45) is 0 Å². The van der Waals surface area contributed by atoms with Gasteiger partial charge in [-0.25, -0.2) is 4.98 Å². The van der Waals surface area contributed by atoms with Crippen LogP contribution in [-0.4, -0.2) is 57.2 Å². The maximum absolute atomic E-state index is 4.82. The van der Waals surface area contributed by atoms with E-state index in [1.165, 1.54) is 11.3 Å². The Morgan fingerprint density at radius 1 is 1.05 bits per heavy atom. The smallest absolute Gasteiger partial charge is 0.128 e. The highest BCUT2D eigenvalue weighted by atomic mass is 35.5. The summed E-state index contributed by atoms with van der Waals surface area (Å²) >= 11 is 0. The molecule has 1 aliphatic heterocycles. The highest BCUT2D eigenvalue weighted by Gasteiger charge is 2.11. The summed E-state index contributed by atoms with van der Waals surface area (Å²) in [6.07, 6.45) is 2.15. The van der Waals surface area contributed by atoms with Gasteiger partial charge in [-0.2, -0.15) is 0 Å². The fourth-order valence-electron chi connectivity index (χ4n) is 2.19. The number of hydrogen-bond donors (Lipinski definition) is 1. The van der Waals surface area contributed by atoms with E-state index in [9.17, 15) is 0 Å². The monoisotopic (exact) mass is 320 g/mol. The van der Waals surface area contributed by atoms with Gasteiger partial charge in [0.2, 0.25) is 0 Å². The van der Waals surface area contributed by atoms with Crippen LogP contribution in [0.25, 0.3) is 0 Å². The lowest BCUT2D eigenvalue weighted by atomic mass is 10.1. The number of halogens is 2. The summed E-state index contributed by atoms with van der Waals surface area (Å²) in [5.74, 6) is 1.09. The zero-order chi connectivity index (χ0) is 13.0. The van der Waals surface area contributed by atoms with E-state index in [1.807, 2.05) is 0 Å². The van der Waals surface area contributed by atoms with Gasteiger partial charge in [0.05, 0.1) is 0 Å². The van der Waals surface area contributed by atoms with Crippen LogP contribution in [-0.2, 0) is 12.8 Å². The molecule has 4 nitrogen and oxygen atoms in total. The summed E-state index contributed by atoms with van der Waals surface area (Å²) in [5, 5.41) is 3.42. The molecule has 2 rings (SSSR count). The minimum Gasteiger partial charge on any atom is -0.358 e. The van der Waals surface area contributed by atoms with Gasteiger partial charge in [-0.3, -0.25) is 0 Å². The molecule has 116 valence electrons. The molecule has 0 aromatic carbocycles. The zero-order valence-electron chi connectivity index (χ0n) is 12.6. The number of rotatable bonds is 4. The molecule has 0 atom stereocenters. The molecule has 0 amide bonds. The normalized spacial score (nSPS) is 13.8. The first-order valence-electron chi connectivity index (χ1n) is 6.72. The van der Waals surface area contributed by atoms with Crippen molar-refractivity contribution >= 4 is 30.6 Å². The van der Waals surface area contributed by atoms with E-state index < -0.39 is 0 Å². The number of nitrogens with zero attached hydrogens (tertiary/aromatic N) is 3. The molecule has 0 saturated heterocycles. The van der Waals surface area contributed by atoms with Crippen LogP contribution in [0.1, 0.15) is 11.3 Å². The van der Waals surface area contributed by atoms with Gasteiger partial charge in [-0.05, 0) is 38.7 Å². The summed E-state index contributed by atoms with van der Waals surface area (Å²) in [7, 11) is 6.32. The number of likely N-dealkylation sites (N-methyl/N-ethyl adjacent to an activating group) is 2. The van der Waals surface area contributed by atoms with Crippen LogP contribution >= 0.6 is 24.8 Å². The zero-order valence-corrected chi connectivity index (χ0v) is 14.2. The molecule has 0 saturated carbocycles. The van der Waals surface area contributed by atoms with E-state index in [4.69, 9.17) is 4.98 Å². The van der Waals surface area contributed by atoms with Gasteiger partial charge in [0, 0.05) is 38.8 Å². The van der Waals surface area contributed by atoms with Gasteiger partial charge < -0.3 is 15.1 Å². The number of hydrogen-bond acceptors (Lipinski definition) is 4. The van der Waals surface area contributed by atoms with E-state index in [0.29, 0.717) is 0 Å². The van der Waals surface area contributed by atoms with Crippen LogP contribution in [0.2, 0.25) is 0 Å². The molecule has 0 aliphatic carbocycles. The van der Waals surface area contributed by atoms with Gasteiger partial charge in [0.15, 0.2) is 0 Å². The van der Waals surface area contributed by atoms with Crippen molar-refractivity contribution in [2.75, 3.05) is 52.2 Å². The van der Waals surface area contributed by atoms with E-state index >= 15 is 0 Å². The maximum Gasteiger partial charge on any atom is 0.128 e. The molecule has 0 bridgehead atoms. The minimum atomic E-state index is 0. The van der Waals surface area contributed by atoms with Crippen molar-refractivity contribution < 1.29 is 0 Å². The Bertz CT molecular complexity index is 399. The molecule has 20 heavy (non-hydrogen) atoms. The quantitative estimate of drug-likeness (QED) is 0.913. The van der Waals surface area contributed by atoms with Crippen molar-refractivity contribution in [3.05, 3.63) is 23.4 Å². The summed E-state index contributed by atoms with van der Waals surface area (Å²) in [4.78, 5) is 9.25. The van der Waals surface area contributed by atoms with Crippen LogP contribution in [0.4, 0.5) is 5.82 Å². The number of anilines is 1. The summed E-state index contributed by atoms with van der Waals surface area (Å²) in [5.41, 5.74) is 2.68. The van der Waals surface area contributed by atoms with E-state index in [0.717, 1.165) is 44.8 Å². The van der Waals surface area contributed by atoms with Crippen molar-refractivity contribution in [1.82, 2.24) is 15.2 Å². The Kier molecular flexibility index (Phi) is 9.14. The molecule has 1 aromatic heterocycles. The lowest BCUT2D eigenvalue weighted by Gasteiger charge is -2.21. The van der Waals surface area contributed by atoms with Gasteiger partial charge in [0.1, 0.15) is 5.82 Å². The van der Waals surface area contributed by atoms with Crippen LogP contribution in [0.5, 0.6) is 0 Å². The van der Waals surface area contributed by atoms with Crippen molar-refractivity contribution in [3.8, 4) is 0 Å². The number of pyridine rings is 1. The summed E-state index contributed by atoms with van der Waals surface area (Å²) < 4.78 is 0. The highest BCUT2D eigenvalue weighted by molar-refractivity contribution is 5.85. The first kappa shape index (κ1) is 19.4. The van der Waals surface area contributed by atoms with Crippen LogP contribution in [0.15, 0.2) is 12.1 Å². The third-order valence-electron chi connectivity index (χ3n) is 3.44. The SMILES string of the molecule is CN(C)CCN(C)c1ccc2c(n1)CCNCC2.Cl.Cl. The average molecular weight is 321 g/mol. The molecule has 0 fully saturated rings.